The number of hydrogen-bond acceptors (Lipinski definition) is 2. The first-order valence-electron chi connectivity index (χ1n) is 15.0. The molecule has 1 N–H and O–H groups in total. The number of carbonyl (C=O) groups is 2. The molecule has 3 aromatic carbocycles. The van der Waals surface area contributed by atoms with E-state index in [0.29, 0.717) is 26.1 Å². The number of para-hydroxylation sites is 1. The fraction of sp³-hybridized carbons (Fsp3) is 0.371. The topological polar surface area (TPSA) is 56.4 Å². The minimum Gasteiger partial charge on any atom is -0.356 e. The van der Waals surface area contributed by atoms with Gasteiger partial charge in [-0.15, -0.1) is 0 Å². The summed E-state index contributed by atoms with van der Waals surface area (Å²) in [5.74, 6) is 0.444. The summed E-state index contributed by atoms with van der Waals surface area (Å²) in [6.07, 6.45) is 7.39. The number of nitrogens with zero attached hydrogens (tertiary/aromatic N) is 2. The number of rotatable bonds is 8. The summed E-state index contributed by atoms with van der Waals surface area (Å²) in [5, 5.41) is 1.25. The molecule has 4 aromatic rings. The molecule has 0 saturated heterocycles. The molecular formula is C35H39N3O2. The number of H-pyrrole nitrogens is 1. The summed E-state index contributed by atoms with van der Waals surface area (Å²) in [5.41, 5.74) is 5.88. The van der Waals surface area contributed by atoms with Crippen LogP contribution in [0.5, 0.6) is 0 Å². The van der Waals surface area contributed by atoms with Crippen molar-refractivity contribution in [2.45, 2.75) is 57.4 Å². The van der Waals surface area contributed by atoms with Crippen LogP contribution in [0.4, 0.5) is 0 Å². The molecule has 40 heavy (non-hydrogen) atoms. The summed E-state index contributed by atoms with van der Waals surface area (Å²) in [4.78, 5) is 35.3. The highest BCUT2D eigenvalue weighted by atomic mass is 16.2. The van der Waals surface area contributed by atoms with Crippen molar-refractivity contribution in [3.8, 4) is 0 Å². The Balaban J connectivity index is 1.22. The van der Waals surface area contributed by atoms with E-state index in [1.165, 1.54) is 22.9 Å². The highest BCUT2D eigenvalue weighted by Gasteiger charge is 2.35. The average molecular weight is 534 g/mol. The minimum atomic E-state index is -0.156. The fourth-order valence-corrected chi connectivity index (χ4v) is 6.71. The van der Waals surface area contributed by atoms with Crippen molar-refractivity contribution in [2.24, 2.45) is 5.92 Å². The Hall–Kier alpha value is -3.86. The molecule has 1 saturated carbocycles. The van der Waals surface area contributed by atoms with Gasteiger partial charge < -0.3 is 14.8 Å². The second-order valence-electron chi connectivity index (χ2n) is 11.4. The molecule has 5 heteroatoms. The zero-order valence-electron chi connectivity index (χ0n) is 23.2. The maximum absolute atomic E-state index is 14.0. The zero-order chi connectivity index (χ0) is 27.3. The zero-order valence-corrected chi connectivity index (χ0v) is 23.2. The smallest absolute Gasteiger partial charge is 0.225 e. The molecule has 1 fully saturated rings. The fourth-order valence-electron chi connectivity index (χ4n) is 6.71. The summed E-state index contributed by atoms with van der Waals surface area (Å²) < 4.78 is 0. The van der Waals surface area contributed by atoms with Crippen molar-refractivity contribution < 1.29 is 9.59 Å². The maximum atomic E-state index is 14.0. The molecule has 2 amide bonds. The van der Waals surface area contributed by atoms with Crippen LogP contribution in [0, 0.1) is 5.92 Å². The van der Waals surface area contributed by atoms with Crippen molar-refractivity contribution >= 4 is 22.7 Å². The largest absolute Gasteiger partial charge is 0.356 e. The van der Waals surface area contributed by atoms with Crippen LogP contribution in [0.25, 0.3) is 10.9 Å². The molecule has 5 nitrogen and oxygen atoms in total. The van der Waals surface area contributed by atoms with Crippen molar-refractivity contribution in [1.29, 1.82) is 0 Å². The second kappa shape index (κ2) is 12.1. The van der Waals surface area contributed by atoms with E-state index in [0.717, 1.165) is 55.3 Å². The van der Waals surface area contributed by atoms with Gasteiger partial charge in [-0.05, 0) is 48.4 Å². The molecule has 0 bridgehead atoms. The molecule has 2 aliphatic rings. The van der Waals surface area contributed by atoms with Crippen LogP contribution in [-0.4, -0.2) is 46.2 Å². The van der Waals surface area contributed by atoms with Crippen LogP contribution < -0.4 is 0 Å². The Bertz CT molecular complexity index is 1440. The van der Waals surface area contributed by atoms with Crippen LogP contribution in [0.2, 0.25) is 0 Å². The van der Waals surface area contributed by atoms with Crippen LogP contribution in [0.3, 0.4) is 0 Å². The standard InChI is InChI=1S/C35H39N3O2/c39-32(22-24-37(23-20-26-12-4-1-5-13-26)35(40)28-16-8-3-9-17-28)38-25-21-30-29-18-10-11-19-31(29)36-33(30)34(38)27-14-6-2-7-15-27/h1-2,4-7,10-15,18-19,28,34,36H,3,8-9,16-17,20-25H2. The number of nitrogens with one attached hydrogen (secondary N) is 1. The van der Waals surface area contributed by atoms with Gasteiger partial charge in [-0.3, -0.25) is 9.59 Å². The normalized spacial score (nSPS) is 17.5. The third-order valence-corrected chi connectivity index (χ3v) is 8.85. The average Bonchev–Trinajstić information content (AvgIpc) is 3.40. The first kappa shape index (κ1) is 26.4. The van der Waals surface area contributed by atoms with Gasteiger partial charge in [0.25, 0.3) is 0 Å². The Labute approximate surface area is 237 Å². The molecule has 6 rings (SSSR count). The van der Waals surface area contributed by atoms with Crippen LogP contribution in [0.15, 0.2) is 84.9 Å². The Morgan fingerprint density at radius 3 is 2.30 bits per heavy atom. The molecule has 0 radical (unpaired) electrons. The van der Waals surface area contributed by atoms with Crippen molar-refractivity contribution in [1.82, 2.24) is 14.8 Å². The van der Waals surface area contributed by atoms with Crippen LogP contribution in [-0.2, 0) is 22.4 Å². The van der Waals surface area contributed by atoms with Gasteiger partial charge in [-0.25, -0.2) is 0 Å². The number of fused-ring (bicyclic) bond motifs is 3. The number of carbonyl (C=O) groups excluding carboxylic acids is 2. The first-order valence-corrected chi connectivity index (χ1v) is 15.0. The predicted molar refractivity (Wildman–Crippen MR) is 160 cm³/mol. The molecule has 1 aliphatic heterocycles. The molecular weight excluding hydrogens is 494 g/mol. The lowest BCUT2D eigenvalue weighted by atomic mass is 9.88. The van der Waals surface area contributed by atoms with Crippen molar-refractivity contribution in [3.63, 3.8) is 0 Å². The van der Waals surface area contributed by atoms with Crippen molar-refractivity contribution in [3.05, 3.63) is 107 Å². The van der Waals surface area contributed by atoms with Gasteiger partial charge in [-0.2, -0.15) is 0 Å². The van der Waals surface area contributed by atoms with Gasteiger partial charge in [0.2, 0.25) is 11.8 Å². The van der Waals surface area contributed by atoms with E-state index in [1.807, 2.05) is 46.2 Å². The third-order valence-electron chi connectivity index (χ3n) is 8.85. The molecule has 1 aliphatic carbocycles. The quantitative estimate of drug-likeness (QED) is 0.275. The number of benzene rings is 3. The number of amides is 2. The van der Waals surface area contributed by atoms with Gasteiger partial charge in [0, 0.05) is 48.6 Å². The lowest BCUT2D eigenvalue weighted by Gasteiger charge is -2.37. The molecule has 1 atom stereocenters. The molecule has 206 valence electrons. The SMILES string of the molecule is O=C(C1CCCCC1)N(CCC(=O)N1CCc2c([nH]c3ccccc23)C1c1ccccc1)CCc1ccccc1. The number of hydrogen-bond donors (Lipinski definition) is 1. The van der Waals surface area contributed by atoms with E-state index in [2.05, 4.69) is 53.5 Å². The van der Waals surface area contributed by atoms with Gasteiger partial charge in [0.15, 0.2) is 0 Å². The lowest BCUT2D eigenvalue weighted by molar-refractivity contribution is -0.138. The summed E-state index contributed by atoms with van der Waals surface area (Å²) in [7, 11) is 0. The third kappa shape index (κ3) is 5.56. The highest BCUT2D eigenvalue weighted by molar-refractivity contribution is 5.87. The highest BCUT2D eigenvalue weighted by Crippen LogP contribution is 2.38. The van der Waals surface area contributed by atoms with Crippen LogP contribution >= 0.6 is 0 Å². The predicted octanol–water partition coefficient (Wildman–Crippen LogP) is 6.68. The molecule has 0 spiro atoms. The van der Waals surface area contributed by atoms with E-state index in [-0.39, 0.29) is 23.8 Å². The Morgan fingerprint density at radius 2 is 1.52 bits per heavy atom. The van der Waals surface area contributed by atoms with Gasteiger partial charge in [0.05, 0.1) is 6.04 Å². The summed E-state index contributed by atoms with van der Waals surface area (Å²) >= 11 is 0. The van der Waals surface area contributed by atoms with E-state index in [9.17, 15) is 9.59 Å². The summed E-state index contributed by atoms with van der Waals surface area (Å²) in [6.45, 7) is 1.80. The minimum absolute atomic E-state index is 0.0978. The lowest BCUT2D eigenvalue weighted by Crippen LogP contribution is -2.44. The van der Waals surface area contributed by atoms with Crippen molar-refractivity contribution in [2.75, 3.05) is 19.6 Å². The van der Waals surface area contributed by atoms with Gasteiger partial charge >= 0.3 is 0 Å². The number of aromatic amines is 1. The molecule has 2 heterocycles. The molecule has 1 aromatic heterocycles. The second-order valence-corrected chi connectivity index (χ2v) is 11.4. The number of aromatic nitrogens is 1. The maximum Gasteiger partial charge on any atom is 0.225 e. The summed E-state index contributed by atoms with van der Waals surface area (Å²) in [6, 6.07) is 29.0. The first-order chi connectivity index (χ1) is 19.7. The van der Waals surface area contributed by atoms with E-state index in [4.69, 9.17) is 0 Å². The van der Waals surface area contributed by atoms with E-state index < -0.39 is 0 Å². The van der Waals surface area contributed by atoms with Crippen LogP contribution in [0.1, 0.15) is 67.0 Å². The van der Waals surface area contributed by atoms with E-state index >= 15 is 0 Å². The van der Waals surface area contributed by atoms with Gasteiger partial charge in [-0.1, -0.05) is 98.1 Å². The van der Waals surface area contributed by atoms with E-state index in [1.54, 1.807) is 0 Å². The Kier molecular flexibility index (Phi) is 7.99. The monoisotopic (exact) mass is 533 g/mol. The van der Waals surface area contributed by atoms with Gasteiger partial charge in [0.1, 0.15) is 0 Å². The molecule has 1 unspecified atom stereocenters. The Morgan fingerprint density at radius 1 is 0.825 bits per heavy atom.